The van der Waals surface area contributed by atoms with E-state index in [1.165, 1.54) is 23.1 Å². The van der Waals surface area contributed by atoms with E-state index in [2.05, 4.69) is 20.5 Å². The standard InChI is InChI=1S/C24H22Cl3N5O2S2/c1-4-32-22(14(3)34-20-8-6-15(25)9-13(20)2)30-31-24(32)36-12-21(33)29-23-28-19(11-35-23)17-7-5-16(26)10-18(17)27/h5-11,14H,4,12H2,1-3H3,(H,28,29,33). The quantitative estimate of drug-likeness (QED) is 0.205. The third-order valence-corrected chi connectivity index (χ3v) is 7.66. The van der Waals surface area contributed by atoms with Gasteiger partial charge in [-0.05, 0) is 62.7 Å². The molecule has 2 aromatic carbocycles. The molecule has 0 saturated heterocycles. The minimum atomic E-state index is -0.339. The predicted octanol–water partition coefficient (Wildman–Crippen LogP) is 7.56. The van der Waals surface area contributed by atoms with Crippen LogP contribution in [0.2, 0.25) is 15.1 Å². The van der Waals surface area contributed by atoms with Crippen molar-refractivity contribution >= 4 is 68.9 Å². The number of thioether (sulfide) groups is 1. The van der Waals surface area contributed by atoms with Crippen molar-refractivity contribution in [1.82, 2.24) is 19.7 Å². The number of aromatic nitrogens is 4. The summed E-state index contributed by atoms with van der Waals surface area (Å²) in [6, 6.07) is 10.7. The van der Waals surface area contributed by atoms with Gasteiger partial charge in [-0.3, -0.25) is 4.79 Å². The van der Waals surface area contributed by atoms with Gasteiger partial charge < -0.3 is 14.6 Å². The number of hydrogen-bond acceptors (Lipinski definition) is 7. The Bertz CT molecular complexity index is 1390. The molecule has 0 bridgehead atoms. The summed E-state index contributed by atoms with van der Waals surface area (Å²) in [6.07, 6.45) is -0.339. The summed E-state index contributed by atoms with van der Waals surface area (Å²) in [4.78, 5) is 17.1. The van der Waals surface area contributed by atoms with Gasteiger partial charge in [0.05, 0.1) is 16.5 Å². The molecule has 36 heavy (non-hydrogen) atoms. The number of nitrogens with one attached hydrogen (secondary N) is 1. The summed E-state index contributed by atoms with van der Waals surface area (Å²) in [5, 5.41) is 16.1. The molecule has 1 N–H and O–H groups in total. The Balaban J connectivity index is 1.38. The van der Waals surface area contributed by atoms with E-state index in [9.17, 15) is 4.79 Å². The van der Waals surface area contributed by atoms with Gasteiger partial charge in [-0.1, -0.05) is 46.6 Å². The lowest BCUT2D eigenvalue weighted by atomic mass is 10.2. The molecule has 7 nitrogen and oxygen atoms in total. The van der Waals surface area contributed by atoms with Crippen LogP contribution in [0.4, 0.5) is 5.13 Å². The second kappa shape index (κ2) is 11.8. The van der Waals surface area contributed by atoms with Crippen LogP contribution in [0.25, 0.3) is 11.3 Å². The number of ether oxygens (including phenoxy) is 1. The minimum Gasteiger partial charge on any atom is -0.482 e. The molecule has 188 valence electrons. The van der Waals surface area contributed by atoms with E-state index in [-0.39, 0.29) is 17.8 Å². The molecule has 0 saturated carbocycles. The second-order valence-electron chi connectivity index (χ2n) is 7.75. The zero-order valence-corrected chi connectivity index (χ0v) is 23.5. The Hall–Kier alpha value is -2.30. The molecule has 0 aliphatic carbocycles. The zero-order chi connectivity index (χ0) is 25.8. The van der Waals surface area contributed by atoms with Gasteiger partial charge >= 0.3 is 0 Å². The third-order valence-electron chi connectivity index (χ3n) is 5.16. The number of thiazole rings is 1. The largest absolute Gasteiger partial charge is 0.482 e. The number of carbonyl (C=O) groups is 1. The van der Waals surface area contributed by atoms with Gasteiger partial charge in [0, 0.05) is 27.5 Å². The summed E-state index contributed by atoms with van der Waals surface area (Å²) in [5.74, 6) is 1.37. The van der Waals surface area contributed by atoms with Crippen LogP contribution < -0.4 is 10.1 Å². The fourth-order valence-electron chi connectivity index (χ4n) is 3.43. The lowest BCUT2D eigenvalue weighted by Crippen LogP contribution is -2.15. The van der Waals surface area contributed by atoms with Gasteiger partial charge in [-0.2, -0.15) is 0 Å². The maximum Gasteiger partial charge on any atom is 0.236 e. The van der Waals surface area contributed by atoms with Crippen LogP contribution in [-0.2, 0) is 11.3 Å². The van der Waals surface area contributed by atoms with Crippen LogP contribution >= 0.6 is 57.9 Å². The average Bonchev–Trinajstić information content (AvgIpc) is 3.46. The van der Waals surface area contributed by atoms with Crippen molar-refractivity contribution in [3.05, 3.63) is 68.2 Å². The van der Waals surface area contributed by atoms with Gasteiger partial charge in [0.15, 0.2) is 22.2 Å². The number of aryl methyl sites for hydroxylation is 1. The maximum atomic E-state index is 12.6. The molecule has 4 rings (SSSR count). The van der Waals surface area contributed by atoms with E-state index < -0.39 is 0 Å². The van der Waals surface area contributed by atoms with E-state index in [4.69, 9.17) is 39.5 Å². The van der Waals surface area contributed by atoms with E-state index in [0.29, 0.717) is 43.4 Å². The zero-order valence-electron chi connectivity index (χ0n) is 19.6. The molecule has 2 heterocycles. The smallest absolute Gasteiger partial charge is 0.236 e. The molecule has 0 radical (unpaired) electrons. The molecule has 1 amide bonds. The molecule has 0 spiro atoms. The van der Waals surface area contributed by atoms with Crippen LogP contribution in [0.3, 0.4) is 0 Å². The first-order valence-electron chi connectivity index (χ1n) is 10.9. The SMILES string of the molecule is CCn1c(SCC(=O)Nc2nc(-c3ccc(Cl)cc3Cl)cs2)nnc1C(C)Oc1ccc(Cl)cc1C. The first kappa shape index (κ1) is 26.8. The van der Waals surface area contributed by atoms with Crippen LogP contribution in [0.1, 0.15) is 31.3 Å². The summed E-state index contributed by atoms with van der Waals surface area (Å²) >= 11 is 20.9. The number of anilines is 1. The highest BCUT2D eigenvalue weighted by Crippen LogP contribution is 2.33. The molecule has 0 fully saturated rings. The lowest BCUT2D eigenvalue weighted by Gasteiger charge is -2.17. The Morgan fingerprint density at radius 3 is 2.64 bits per heavy atom. The van der Waals surface area contributed by atoms with E-state index >= 15 is 0 Å². The highest BCUT2D eigenvalue weighted by Gasteiger charge is 2.20. The fraction of sp³-hybridized carbons (Fsp3) is 0.250. The lowest BCUT2D eigenvalue weighted by molar-refractivity contribution is -0.113. The van der Waals surface area contributed by atoms with Gasteiger partial charge in [-0.25, -0.2) is 4.98 Å². The van der Waals surface area contributed by atoms with Crippen molar-refractivity contribution in [3.63, 3.8) is 0 Å². The molecular weight excluding hydrogens is 561 g/mol. The monoisotopic (exact) mass is 581 g/mol. The second-order valence-corrected chi connectivity index (χ2v) is 10.8. The molecular formula is C24H22Cl3N5O2S2. The molecule has 1 atom stereocenters. The highest BCUT2D eigenvalue weighted by molar-refractivity contribution is 7.99. The van der Waals surface area contributed by atoms with Crippen LogP contribution in [-0.4, -0.2) is 31.4 Å². The Morgan fingerprint density at radius 1 is 1.17 bits per heavy atom. The van der Waals surface area contributed by atoms with Gasteiger partial charge in [0.1, 0.15) is 5.75 Å². The number of rotatable bonds is 9. The molecule has 2 aromatic heterocycles. The third kappa shape index (κ3) is 6.33. The summed E-state index contributed by atoms with van der Waals surface area (Å²) in [6.45, 7) is 6.49. The number of carbonyl (C=O) groups excluding carboxylic acids is 1. The van der Waals surface area contributed by atoms with Gasteiger partial charge in [0.25, 0.3) is 0 Å². The number of halogens is 3. The number of hydrogen-bond donors (Lipinski definition) is 1. The molecule has 4 aromatic rings. The number of nitrogens with zero attached hydrogens (tertiary/aromatic N) is 4. The van der Waals surface area contributed by atoms with Gasteiger partial charge in [-0.15, -0.1) is 21.5 Å². The van der Waals surface area contributed by atoms with Crippen LogP contribution in [0, 0.1) is 6.92 Å². The molecule has 0 aliphatic rings. The topological polar surface area (TPSA) is 81.9 Å². The van der Waals surface area contributed by atoms with E-state index in [1.807, 2.05) is 42.9 Å². The van der Waals surface area contributed by atoms with Crippen molar-refractivity contribution < 1.29 is 9.53 Å². The fourth-order valence-corrected chi connectivity index (χ4v) is 5.70. The first-order valence-corrected chi connectivity index (χ1v) is 13.9. The van der Waals surface area contributed by atoms with Gasteiger partial charge in [0.2, 0.25) is 5.91 Å². The minimum absolute atomic E-state index is 0.153. The van der Waals surface area contributed by atoms with Crippen molar-refractivity contribution in [2.45, 2.75) is 38.6 Å². The molecule has 12 heteroatoms. The van der Waals surface area contributed by atoms with Crippen molar-refractivity contribution in [2.24, 2.45) is 0 Å². The average molecular weight is 583 g/mol. The van der Waals surface area contributed by atoms with Crippen molar-refractivity contribution in [1.29, 1.82) is 0 Å². The van der Waals surface area contributed by atoms with E-state index in [1.54, 1.807) is 24.3 Å². The summed E-state index contributed by atoms with van der Waals surface area (Å²) in [7, 11) is 0. The predicted molar refractivity (Wildman–Crippen MR) is 148 cm³/mol. The summed E-state index contributed by atoms with van der Waals surface area (Å²) < 4.78 is 8.05. The highest BCUT2D eigenvalue weighted by atomic mass is 35.5. The molecule has 1 unspecified atom stereocenters. The Kier molecular flexibility index (Phi) is 8.79. The normalized spacial score (nSPS) is 11.9. The van der Waals surface area contributed by atoms with Crippen molar-refractivity contribution in [2.75, 3.05) is 11.1 Å². The first-order chi connectivity index (χ1) is 17.2. The van der Waals surface area contributed by atoms with E-state index in [0.717, 1.165) is 16.9 Å². The Labute approximate surface area is 232 Å². The van der Waals surface area contributed by atoms with Crippen LogP contribution in [0.15, 0.2) is 46.9 Å². The maximum absolute atomic E-state index is 12.6. The number of benzene rings is 2. The molecule has 0 aliphatic heterocycles. The van der Waals surface area contributed by atoms with Crippen LogP contribution in [0.5, 0.6) is 5.75 Å². The van der Waals surface area contributed by atoms with Crippen molar-refractivity contribution in [3.8, 4) is 17.0 Å². The number of amides is 1. The summed E-state index contributed by atoms with van der Waals surface area (Å²) in [5.41, 5.74) is 2.36. The Morgan fingerprint density at radius 2 is 1.92 bits per heavy atom.